The Hall–Kier alpha value is -0.120. The smallest absolute Gasteiger partial charge is 0.0862 e. The molecule has 2 heterocycles. The van der Waals surface area contributed by atoms with E-state index in [0.717, 1.165) is 13.2 Å². The standard InChI is InChI=1S/C12H24N2O/c1-10(2)11-12(15-9-6-13-11)4-7-14(3)8-5-12/h10-11,13H,4-9H2,1-3H3. The van der Waals surface area contributed by atoms with E-state index in [-0.39, 0.29) is 5.60 Å². The van der Waals surface area contributed by atoms with E-state index in [1.54, 1.807) is 0 Å². The Morgan fingerprint density at radius 2 is 2.00 bits per heavy atom. The molecule has 2 rings (SSSR count). The van der Waals surface area contributed by atoms with Crippen LogP contribution in [0.1, 0.15) is 26.7 Å². The van der Waals surface area contributed by atoms with Crippen LogP contribution in [-0.4, -0.2) is 49.8 Å². The minimum Gasteiger partial charge on any atom is -0.372 e. The van der Waals surface area contributed by atoms with Crippen molar-refractivity contribution in [3.8, 4) is 0 Å². The van der Waals surface area contributed by atoms with Gasteiger partial charge in [0, 0.05) is 25.7 Å². The monoisotopic (exact) mass is 212 g/mol. The van der Waals surface area contributed by atoms with Crippen LogP contribution in [0.25, 0.3) is 0 Å². The van der Waals surface area contributed by atoms with Gasteiger partial charge in [-0.25, -0.2) is 0 Å². The fourth-order valence-electron chi connectivity index (χ4n) is 3.04. The highest BCUT2D eigenvalue weighted by molar-refractivity contribution is 5.00. The van der Waals surface area contributed by atoms with Crippen LogP contribution in [-0.2, 0) is 4.74 Å². The fraction of sp³-hybridized carbons (Fsp3) is 1.00. The van der Waals surface area contributed by atoms with Crippen molar-refractivity contribution in [1.82, 2.24) is 10.2 Å². The zero-order valence-corrected chi connectivity index (χ0v) is 10.3. The summed E-state index contributed by atoms with van der Waals surface area (Å²) < 4.78 is 6.14. The van der Waals surface area contributed by atoms with Crippen molar-refractivity contribution in [2.24, 2.45) is 5.92 Å². The second-order valence-corrected chi connectivity index (χ2v) is 5.39. The van der Waals surface area contributed by atoms with Crippen LogP contribution in [0.4, 0.5) is 0 Å². The van der Waals surface area contributed by atoms with Gasteiger partial charge in [0.15, 0.2) is 0 Å². The van der Waals surface area contributed by atoms with E-state index in [0.29, 0.717) is 12.0 Å². The number of hydrogen-bond acceptors (Lipinski definition) is 3. The first-order valence-corrected chi connectivity index (χ1v) is 6.20. The second kappa shape index (κ2) is 4.40. The van der Waals surface area contributed by atoms with E-state index in [4.69, 9.17) is 4.74 Å². The van der Waals surface area contributed by atoms with Crippen molar-refractivity contribution in [2.75, 3.05) is 33.3 Å². The third-order valence-corrected chi connectivity index (χ3v) is 3.92. The zero-order valence-electron chi connectivity index (χ0n) is 10.3. The molecule has 0 aliphatic carbocycles. The van der Waals surface area contributed by atoms with Gasteiger partial charge in [-0.05, 0) is 25.8 Å². The van der Waals surface area contributed by atoms with Gasteiger partial charge >= 0.3 is 0 Å². The molecule has 1 unspecified atom stereocenters. The van der Waals surface area contributed by atoms with Crippen LogP contribution in [0.3, 0.4) is 0 Å². The summed E-state index contributed by atoms with van der Waals surface area (Å²) in [6, 6.07) is 0.542. The highest BCUT2D eigenvalue weighted by Gasteiger charge is 2.44. The number of ether oxygens (including phenoxy) is 1. The van der Waals surface area contributed by atoms with Gasteiger partial charge < -0.3 is 15.0 Å². The lowest BCUT2D eigenvalue weighted by Crippen LogP contribution is -2.63. The molecule has 1 N–H and O–H groups in total. The number of piperidine rings is 1. The molecular weight excluding hydrogens is 188 g/mol. The van der Waals surface area contributed by atoms with Crippen molar-refractivity contribution < 1.29 is 4.74 Å². The molecule has 0 bridgehead atoms. The first-order valence-electron chi connectivity index (χ1n) is 6.20. The molecule has 2 fully saturated rings. The maximum Gasteiger partial charge on any atom is 0.0862 e. The molecule has 0 aromatic heterocycles. The Bertz CT molecular complexity index is 210. The minimum absolute atomic E-state index is 0.124. The summed E-state index contributed by atoms with van der Waals surface area (Å²) in [6.45, 7) is 8.84. The topological polar surface area (TPSA) is 24.5 Å². The number of morpholine rings is 1. The highest BCUT2D eigenvalue weighted by atomic mass is 16.5. The Morgan fingerprint density at radius 3 is 2.60 bits per heavy atom. The predicted octanol–water partition coefficient (Wildman–Crippen LogP) is 1.10. The molecule has 2 saturated heterocycles. The van der Waals surface area contributed by atoms with Gasteiger partial charge in [-0.1, -0.05) is 13.8 Å². The van der Waals surface area contributed by atoms with Gasteiger partial charge in [-0.2, -0.15) is 0 Å². The van der Waals surface area contributed by atoms with Gasteiger partial charge in [-0.3, -0.25) is 0 Å². The molecule has 15 heavy (non-hydrogen) atoms. The van der Waals surface area contributed by atoms with E-state index in [2.05, 4.69) is 31.1 Å². The number of rotatable bonds is 1. The van der Waals surface area contributed by atoms with Crippen molar-refractivity contribution >= 4 is 0 Å². The molecule has 2 aliphatic heterocycles. The molecule has 0 saturated carbocycles. The molecule has 3 nitrogen and oxygen atoms in total. The van der Waals surface area contributed by atoms with E-state index < -0.39 is 0 Å². The lowest BCUT2D eigenvalue weighted by molar-refractivity contribution is -0.134. The fourth-order valence-corrected chi connectivity index (χ4v) is 3.04. The van der Waals surface area contributed by atoms with Crippen LogP contribution >= 0.6 is 0 Å². The number of hydrogen-bond donors (Lipinski definition) is 1. The average Bonchev–Trinajstić information content (AvgIpc) is 2.23. The zero-order chi connectivity index (χ0) is 10.9. The normalized spacial score (nSPS) is 32.4. The van der Waals surface area contributed by atoms with Gasteiger partial charge in [0.05, 0.1) is 12.2 Å². The van der Waals surface area contributed by atoms with Crippen molar-refractivity contribution in [3.05, 3.63) is 0 Å². The Morgan fingerprint density at radius 1 is 1.33 bits per heavy atom. The van der Waals surface area contributed by atoms with E-state index >= 15 is 0 Å². The Kier molecular flexibility index (Phi) is 3.33. The lowest BCUT2D eigenvalue weighted by atomic mass is 9.78. The number of nitrogens with one attached hydrogen (secondary N) is 1. The Balaban J connectivity index is 2.08. The maximum absolute atomic E-state index is 6.14. The summed E-state index contributed by atoms with van der Waals surface area (Å²) in [5.41, 5.74) is 0.124. The molecule has 1 atom stereocenters. The number of likely N-dealkylation sites (tertiary alicyclic amines) is 1. The summed E-state index contributed by atoms with van der Waals surface area (Å²) >= 11 is 0. The molecule has 2 aliphatic rings. The van der Waals surface area contributed by atoms with Crippen LogP contribution in [0.5, 0.6) is 0 Å². The first kappa shape index (κ1) is 11.4. The highest BCUT2D eigenvalue weighted by Crippen LogP contribution is 2.34. The van der Waals surface area contributed by atoms with Gasteiger partial charge in [0.1, 0.15) is 0 Å². The molecule has 0 aromatic carbocycles. The largest absolute Gasteiger partial charge is 0.372 e. The number of nitrogens with zero attached hydrogens (tertiary/aromatic N) is 1. The van der Waals surface area contributed by atoms with Gasteiger partial charge in [0.2, 0.25) is 0 Å². The maximum atomic E-state index is 6.14. The predicted molar refractivity (Wildman–Crippen MR) is 62.0 cm³/mol. The van der Waals surface area contributed by atoms with Crippen LogP contribution in [0.15, 0.2) is 0 Å². The second-order valence-electron chi connectivity index (χ2n) is 5.39. The lowest BCUT2D eigenvalue weighted by Gasteiger charge is -2.50. The molecule has 88 valence electrons. The summed E-state index contributed by atoms with van der Waals surface area (Å²) in [5.74, 6) is 0.661. The van der Waals surface area contributed by atoms with Crippen LogP contribution in [0, 0.1) is 5.92 Å². The SMILES string of the molecule is CC(C)C1NCCOC12CCN(C)CC2. The minimum atomic E-state index is 0.124. The van der Waals surface area contributed by atoms with Crippen molar-refractivity contribution in [1.29, 1.82) is 0 Å². The van der Waals surface area contributed by atoms with E-state index in [1.807, 2.05) is 0 Å². The molecule has 0 aromatic rings. The average molecular weight is 212 g/mol. The van der Waals surface area contributed by atoms with Crippen molar-refractivity contribution in [3.63, 3.8) is 0 Å². The Labute approximate surface area is 93.2 Å². The van der Waals surface area contributed by atoms with Gasteiger partial charge in [0.25, 0.3) is 0 Å². The molecular formula is C12H24N2O. The molecule has 0 radical (unpaired) electrons. The summed E-state index contributed by atoms with van der Waals surface area (Å²) in [6.07, 6.45) is 2.36. The summed E-state index contributed by atoms with van der Waals surface area (Å²) in [7, 11) is 2.20. The van der Waals surface area contributed by atoms with E-state index in [9.17, 15) is 0 Å². The third kappa shape index (κ3) is 2.19. The van der Waals surface area contributed by atoms with Crippen LogP contribution < -0.4 is 5.32 Å². The summed E-state index contributed by atoms with van der Waals surface area (Å²) in [4.78, 5) is 2.40. The molecule has 3 heteroatoms. The summed E-state index contributed by atoms with van der Waals surface area (Å²) in [5, 5.41) is 3.65. The van der Waals surface area contributed by atoms with Crippen LogP contribution in [0.2, 0.25) is 0 Å². The quantitative estimate of drug-likeness (QED) is 0.704. The van der Waals surface area contributed by atoms with Crippen molar-refractivity contribution in [2.45, 2.75) is 38.3 Å². The molecule has 1 spiro atoms. The van der Waals surface area contributed by atoms with E-state index in [1.165, 1.54) is 25.9 Å². The molecule has 0 amide bonds. The third-order valence-electron chi connectivity index (χ3n) is 3.92. The van der Waals surface area contributed by atoms with Gasteiger partial charge in [-0.15, -0.1) is 0 Å². The first-order chi connectivity index (χ1) is 7.14.